The molecule has 0 saturated heterocycles. The molecular formula is C23H23F3N4O3. The minimum Gasteiger partial charge on any atom is -0.497 e. The first-order valence-electron chi connectivity index (χ1n) is 10.5. The number of rotatable bonds is 6. The molecule has 2 aromatic heterocycles. The van der Waals surface area contributed by atoms with E-state index in [1.165, 1.54) is 6.07 Å². The average molecular weight is 460 g/mol. The molecule has 1 aliphatic rings. The SMILES string of the molecule is COc1cccc(-c2cc(C(=O)NC3CCC(Oc4ccc(C(F)(F)F)cn4)CC3)[nH]n2)c1. The highest BCUT2D eigenvalue weighted by Crippen LogP contribution is 2.30. The average Bonchev–Trinajstić information content (AvgIpc) is 3.31. The van der Waals surface area contributed by atoms with Gasteiger partial charge < -0.3 is 14.8 Å². The maximum Gasteiger partial charge on any atom is 0.417 e. The van der Waals surface area contributed by atoms with Crippen LogP contribution in [0, 0.1) is 0 Å². The molecule has 0 aliphatic heterocycles. The van der Waals surface area contributed by atoms with E-state index >= 15 is 0 Å². The summed E-state index contributed by atoms with van der Waals surface area (Å²) in [6.07, 6.45) is -1.12. The number of nitrogens with one attached hydrogen (secondary N) is 2. The van der Waals surface area contributed by atoms with Crippen LogP contribution in [0.3, 0.4) is 0 Å². The summed E-state index contributed by atoms with van der Waals surface area (Å²) >= 11 is 0. The zero-order valence-corrected chi connectivity index (χ0v) is 17.9. The van der Waals surface area contributed by atoms with Crippen LogP contribution in [0.5, 0.6) is 11.6 Å². The van der Waals surface area contributed by atoms with Crippen molar-refractivity contribution in [2.24, 2.45) is 0 Å². The Hall–Kier alpha value is -3.56. The molecule has 0 atom stereocenters. The number of amides is 1. The van der Waals surface area contributed by atoms with Crippen molar-refractivity contribution in [3.63, 3.8) is 0 Å². The molecule has 1 saturated carbocycles. The molecule has 2 N–H and O–H groups in total. The summed E-state index contributed by atoms with van der Waals surface area (Å²) in [7, 11) is 1.59. The molecule has 10 heteroatoms. The maximum absolute atomic E-state index is 12.6. The monoisotopic (exact) mass is 460 g/mol. The Morgan fingerprint density at radius 3 is 2.58 bits per heavy atom. The van der Waals surface area contributed by atoms with Crippen LogP contribution in [0.15, 0.2) is 48.7 Å². The van der Waals surface area contributed by atoms with E-state index in [1.54, 1.807) is 13.2 Å². The Labute approximate surface area is 188 Å². The minimum atomic E-state index is -4.43. The number of carbonyl (C=O) groups is 1. The van der Waals surface area contributed by atoms with Gasteiger partial charge >= 0.3 is 6.18 Å². The number of aromatic nitrogens is 3. The highest BCUT2D eigenvalue weighted by atomic mass is 19.4. The number of benzene rings is 1. The Morgan fingerprint density at radius 1 is 1.12 bits per heavy atom. The number of nitrogens with zero attached hydrogens (tertiary/aromatic N) is 2. The zero-order valence-electron chi connectivity index (χ0n) is 17.9. The summed E-state index contributed by atoms with van der Waals surface area (Å²) in [6, 6.07) is 11.3. The molecule has 2 heterocycles. The summed E-state index contributed by atoms with van der Waals surface area (Å²) in [5, 5.41) is 9.99. The third-order valence-corrected chi connectivity index (χ3v) is 5.55. The van der Waals surface area contributed by atoms with Crippen molar-refractivity contribution in [2.75, 3.05) is 7.11 Å². The number of halogens is 3. The molecule has 7 nitrogen and oxygen atoms in total. The topological polar surface area (TPSA) is 89.1 Å². The fourth-order valence-corrected chi connectivity index (χ4v) is 3.74. The van der Waals surface area contributed by atoms with E-state index in [9.17, 15) is 18.0 Å². The van der Waals surface area contributed by atoms with Crippen LogP contribution in [0.4, 0.5) is 13.2 Å². The smallest absolute Gasteiger partial charge is 0.417 e. The molecule has 1 fully saturated rings. The van der Waals surface area contributed by atoms with E-state index in [4.69, 9.17) is 9.47 Å². The highest BCUT2D eigenvalue weighted by Gasteiger charge is 2.31. The Morgan fingerprint density at radius 2 is 1.91 bits per heavy atom. The van der Waals surface area contributed by atoms with E-state index in [-0.39, 0.29) is 23.9 Å². The number of hydrogen-bond acceptors (Lipinski definition) is 5. The molecular weight excluding hydrogens is 437 g/mol. The van der Waals surface area contributed by atoms with Crippen LogP contribution < -0.4 is 14.8 Å². The van der Waals surface area contributed by atoms with Crippen LogP contribution in [0.25, 0.3) is 11.3 Å². The number of ether oxygens (including phenoxy) is 2. The molecule has 1 aliphatic carbocycles. The molecule has 0 radical (unpaired) electrons. The van der Waals surface area contributed by atoms with Crippen molar-refractivity contribution >= 4 is 5.91 Å². The minimum absolute atomic E-state index is 0.0264. The van der Waals surface area contributed by atoms with Gasteiger partial charge in [0.15, 0.2) is 0 Å². The maximum atomic E-state index is 12.6. The molecule has 1 aromatic carbocycles. The number of methoxy groups -OCH3 is 1. The zero-order chi connectivity index (χ0) is 23.4. The summed E-state index contributed by atoms with van der Waals surface area (Å²) in [5.74, 6) is 0.621. The number of hydrogen-bond donors (Lipinski definition) is 2. The van der Waals surface area contributed by atoms with Crippen LogP contribution in [0.1, 0.15) is 41.7 Å². The number of pyridine rings is 1. The number of H-pyrrole nitrogens is 1. The van der Waals surface area contributed by atoms with Crippen LogP contribution in [-0.2, 0) is 6.18 Å². The lowest BCUT2D eigenvalue weighted by atomic mass is 9.93. The number of alkyl halides is 3. The Kier molecular flexibility index (Phi) is 6.52. The van der Waals surface area contributed by atoms with Gasteiger partial charge in [-0.25, -0.2) is 4.98 Å². The highest BCUT2D eigenvalue weighted by molar-refractivity contribution is 5.93. The summed E-state index contributed by atoms with van der Waals surface area (Å²) in [5.41, 5.74) is 1.02. The van der Waals surface area contributed by atoms with Crippen molar-refractivity contribution in [1.29, 1.82) is 0 Å². The molecule has 33 heavy (non-hydrogen) atoms. The van der Waals surface area contributed by atoms with Crippen molar-refractivity contribution in [1.82, 2.24) is 20.5 Å². The van der Waals surface area contributed by atoms with Gasteiger partial charge in [0.2, 0.25) is 5.88 Å². The second kappa shape index (κ2) is 9.51. The normalized spacial score (nSPS) is 18.5. The van der Waals surface area contributed by atoms with E-state index in [0.29, 0.717) is 42.8 Å². The lowest BCUT2D eigenvalue weighted by Crippen LogP contribution is -2.39. The predicted octanol–water partition coefficient (Wildman–Crippen LogP) is 4.62. The van der Waals surface area contributed by atoms with Gasteiger partial charge in [0, 0.05) is 23.9 Å². The fourth-order valence-electron chi connectivity index (χ4n) is 3.74. The van der Waals surface area contributed by atoms with Crippen LogP contribution in [0.2, 0.25) is 0 Å². The van der Waals surface area contributed by atoms with Gasteiger partial charge in [0.25, 0.3) is 5.91 Å². The first-order valence-corrected chi connectivity index (χ1v) is 10.5. The van der Waals surface area contributed by atoms with E-state index in [0.717, 1.165) is 17.8 Å². The second-order valence-electron chi connectivity index (χ2n) is 7.85. The first-order chi connectivity index (χ1) is 15.8. The Balaban J connectivity index is 1.28. The van der Waals surface area contributed by atoms with Gasteiger partial charge in [0.1, 0.15) is 17.5 Å². The van der Waals surface area contributed by atoms with Crippen LogP contribution in [-0.4, -0.2) is 40.3 Å². The largest absolute Gasteiger partial charge is 0.497 e. The fraction of sp³-hybridized carbons (Fsp3) is 0.348. The molecule has 0 spiro atoms. The third-order valence-electron chi connectivity index (χ3n) is 5.55. The number of aromatic amines is 1. The van der Waals surface area contributed by atoms with E-state index in [2.05, 4.69) is 20.5 Å². The molecule has 174 valence electrons. The van der Waals surface area contributed by atoms with Gasteiger partial charge in [0.05, 0.1) is 18.4 Å². The van der Waals surface area contributed by atoms with E-state index in [1.807, 2.05) is 24.3 Å². The van der Waals surface area contributed by atoms with Gasteiger partial charge in [-0.2, -0.15) is 18.3 Å². The van der Waals surface area contributed by atoms with Gasteiger partial charge in [-0.3, -0.25) is 9.89 Å². The Bertz CT molecular complexity index is 1090. The third kappa shape index (κ3) is 5.63. The van der Waals surface area contributed by atoms with Crippen molar-refractivity contribution < 1.29 is 27.4 Å². The summed E-state index contributed by atoms with van der Waals surface area (Å²) in [6.45, 7) is 0. The lowest BCUT2D eigenvalue weighted by Gasteiger charge is -2.29. The second-order valence-corrected chi connectivity index (χ2v) is 7.85. The van der Waals surface area contributed by atoms with Crippen molar-refractivity contribution in [3.8, 4) is 22.9 Å². The summed E-state index contributed by atoms with van der Waals surface area (Å²) < 4.78 is 48.9. The molecule has 4 rings (SSSR count). The molecule has 1 amide bonds. The van der Waals surface area contributed by atoms with Gasteiger partial charge in [-0.1, -0.05) is 12.1 Å². The van der Waals surface area contributed by atoms with Gasteiger partial charge in [-0.05, 0) is 49.9 Å². The summed E-state index contributed by atoms with van der Waals surface area (Å²) in [4.78, 5) is 16.4. The molecule has 0 bridgehead atoms. The number of carbonyl (C=O) groups excluding carboxylic acids is 1. The first kappa shape index (κ1) is 22.6. The standard InChI is InChI=1S/C23H23F3N4O3/c1-32-18-4-2-3-14(11-18)19-12-20(30-29-19)22(31)28-16-6-8-17(9-7-16)33-21-10-5-15(13-27-21)23(24,25)26/h2-5,10-13,16-17H,6-9H2,1H3,(H,28,31)(H,29,30). The van der Waals surface area contributed by atoms with Crippen molar-refractivity contribution in [2.45, 2.75) is 44.0 Å². The lowest BCUT2D eigenvalue weighted by molar-refractivity contribution is -0.137. The van der Waals surface area contributed by atoms with E-state index < -0.39 is 11.7 Å². The predicted molar refractivity (Wildman–Crippen MR) is 114 cm³/mol. The molecule has 3 aromatic rings. The van der Waals surface area contributed by atoms with Gasteiger partial charge in [-0.15, -0.1) is 0 Å². The molecule has 0 unspecified atom stereocenters. The quantitative estimate of drug-likeness (QED) is 0.561. The van der Waals surface area contributed by atoms with Crippen molar-refractivity contribution in [3.05, 3.63) is 59.9 Å². The van der Waals surface area contributed by atoms with Crippen LogP contribution >= 0.6 is 0 Å².